The first-order valence-electron chi connectivity index (χ1n) is 25.3. The number of fused-ring (bicyclic) bond motifs is 1. The van der Waals surface area contributed by atoms with Crippen molar-refractivity contribution in [3.63, 3.8) is 0 Å². The van der Waals surface area contributed by atoms with Gasteiger partial charge in [-0.2, -0.15) is 0 Å². The predicted octanol–water partition coefficient (Wildman–Crippen LogP) is 5.34. The molecule has 2 saturated heterocycles. The van der Waals surface area contributed by atoms with Gasteiger partial charge in [0, 0.05) is 96.4 Å². The van der Waals surface area contributed by atoms with Crippen molar-refractivity contribution < 1.29 is 37.5 Å². The van der Waals surface area contributed by atoms with Crippen LogP contribution in [-0.2, 0) is 27.8 Å². The van der Waals surface area contributed by atoms with Crippen molar-refractivity contribution in [3.05, 3.63) is 97.5 Å². The highest BCUT2D eigenvalue weighted by Crippen LogP contribution is 2.32. The molecular formula is C52H65ClF2N12O6S. The third kappa shape index (κ3) is 12.7. The molecule has 3 fully saturated rings. The fourth-order valence-electron chi connectivity index (χ4n) is 9.95. The number of para-hydroxylation sites is 1. The van der Waals surface area contributed by atoms with E-state index in [0.29, 0.717) is 41.0 Å². The molecule has 8 rings (SSSR count). The lowest BCUT2D eigenvalue weighted by molar-refractivity contribution is -0.140. The third-order valence-corrected chi connectivity index (χ3v) is 15.6. The van der Waals surface area contributed by atoms with Crippen LogP contribution in [0.15, 0.2) is 42.6 Å². The van der Waals surface area contributed by atoms with Crippen molar-refractivity contribution in [1.29, 1.82) is 0 Å². The summed E-state index contributed by atoms with van der Waals surface area (Å²) >= 11 is 7.63. The zero-order valence-corrected chi connectivity index (χ0v) is 44.1. The van der Waals surface area contributed by atoms with E-state index in [1.807, 2.05) is 32.0 Å². The van der Waals surface area contributed by atoms with Gasteiger partial charge in [0.1, 0.15) is 28.3 Å². The number of carbonyl (C=O) groups is 5. The molecule has 22 heteroatoms. The number of aryl methyl sites for hydroxylation is 3. The molecule has 396 valence electrons. The molecule has 3 aliphatic rings. The van der Waals surface area contributed by atoms with Gasteiger partial charge in [-0.3, -0.25) is 28.9 Å². The lowest BCUT2D eigenvalue weighted by atomic mass is 9.83. The molecular weight excluding hydrogens is 994 g/mol. The van der Waals surface area contributed by atoms with Crippen LogP contribution < -0.4 is 26.2 Å². The Balaban J connectivity index is 0.810. The zero-order chi connectivity index (χ0) is 52.6. The summed E-state index contributed by atoms with van der Waals surface area (Å²) in [5, 5.41) is 13.0. The first kappa shape index (κ1) is 54.1. The second-order valence-electron chi connectivity index (χ2n) is 19.2. The minimum absolute atomic E-state index is 0.0131. The Hall–Kier alpha value is -6.13. The molecule has 2 aliphatic heterocycles. The largest absolute Gasteiger partial charge is 0.378 e. The minimum Gasteiger partial charge on any atom is -0.378 e. The second-order valence-corrected chi connectivity index (χ2v) is 20.7. The van der Waals surface area contributed by atoms with E-state index in [4.69, 9.17) is 21.3 Å². The van der Waals surface area contributed by atoms with Gasteiger partial charge in [0.15, 0.2) is 11.6 Å². The normalized spacial score (nSPS) is 16.6. The molecule has 1 aliphatic carbocycles. The van der Waals surface area contributed by atoms with Crippen LogP contribution in [0, 0.1) is 31.4 Å². The average molecular weight is 1060 g/mol. The number of aromatic nitrogens is 4. The second kappa shape index (κ2) is 24.5. The molecule has 5 amide bonds. The summed E-state index contributed by atoms with van der Waals surface area (Å²) < 4.78 is 36.7. The smallest absolute Gasteiger partial charge is 0.271 e. The van der Waals surface area contributed by atoms with Gasteiger partial charge in [0.2, 0.25) is 11.8 Å². The minimum atomic E-state index is -1.15. The number of nitrogens with one attached hydrogen (secondary N) is 4. The number of rotatable bonds is 18. The van der Waals surface area contributed by atoms with Gasteiger partial charge in [-0.05, 0) is 64.3 Å². The maximum Gasteiger partial charge on any atom is 0.271 e. The van der Waals surface area contributed by atoms with E-state index in [1.165, 1.54) is 23.0 Å². The van der Waals surface area contributed by atoms with Crippen LogP contribution in [0.1, 0.15) is 91.6 Å². The molecule has 4 N–H and O–H groups in total. The van der Waals surface area contributed by atoms with Crippen LogP contribution in [0.25, 0.3) is 10.9 Å². The summed E-state index contributed by atoms with van der Waals surface area (Å²) in [6, 6.07) is 8.18. The molecule has 3 aromatic heterocycles. The number of benzene rings is 2. The average Bonchev–Trinajstić information content (AvgIpc) is 3.98. The Morgan fingerprint density at radius 2 is 1.61 bits per heavy atom. The highest BCUT2D eigenvalue weighted by atomic mass is 35.5. The Bertz CT molecular complexity index is 2840. The summed E-state index contributed by atoms with van der Waals surface area (Å²) in [6.45, 7) is 10.5. The van der Waals surface area contributed by atoms with Crippen molar-refractivity contribution >= 4 is 74.9 Å². The van der Waals surface area contributed by atoms with E-state index in [0.717, 1.165) is 92.5 Å². The summed E-state index contributed by atoms with van der Waals surface area (Å²) in [5.41, 5.74) is 2.32. The number of hydrogen-bond donors (Lipinski definition) is 4. The molecule has 0 unspecified atom stereocenters. The quantitative estimate of drug-likeness (QED) is 0.0824. The number of ether oxygens (including phenoxy) is 1. The lowest BCUT2D eigenvalue weighted by Crippen LogP contribution is -2.59. The molecule has 2 aromatic carbocycles. The van der Waals surface area contributed by atoms with Crippen molar-refractivity contribution in [2.75, 3.05) is 95.9 Å². The van der Waals surface area contributed by atoms with Gasteiger partial charge in [0.25, 0.3) is 17.7 Å². The molecule has 0 spiro atoms. The maximum absolute atomic E-state index is 14.8. The van der Waals surface area contributed by atoms with Crippen LogP contribution in [0.2, 0.25) is 5.02 Å². The van der Waals surface area contributed by atoms with E-state index in [2.05, 4.69) is 41.0 Å². The Morgan fingerprint density at radius 1 is 0.892 bits per heavy atom. The van der Waals surface area contributed by atoms with E-state index in [1.54, 1.807) is 36.0 Å². The number of hydrogen-bond acceptors (Lipinski definition) is 13. The number of thiazole rings is 1. The number of carbonyl (C=O) groups excluding carboxylic acids is 5. The molecule has 0 bridgehead atoms. The maximum atomic E-state index is 14.8. The van der Waals surface area contributed by atoms with Crippen molar-refractivity contribution in [2.45, 2.75) is 71.4 Å². The van der Waals surface area contributed by atoms with Crippen molar-refractivity contribution in [1.82, 2.24) is 50.2 Å². The number of anilines is 2. The molecule has 1 saturated carbocycles. The van der Waals surface area contributed by atoms with Gasteiger partial charge < -0.3 is 45.3 Å². The van der Waals surface area contributed by atoms with E-state index in [-0.39, 0.29) is 85.1 Å². The van der Waals surface area contributed by atoms with Crippen molar-refractivity contribution in [2.24, 2.45) is 13.0 Å². The van der Waals surface area contributed by atoms with Gasteiger partial charge in [-0.15, -0.1) is 11.3 Å². The van der Waals surface area contributed by atoms with Crippen LogP contribution >= 0.6 is 22.9 Å². The predicted molar refractivity (Wildman–Crippen MR) is 280 cm³/mol. The summed E-state index contributed by atoms with van der Waals surface area (Å²) in [6.07, 6.45) is 6.75. The summed E-state index contributed by atoms with van der Waals surface area (Å²) in [7, 11) is 3.23. The van der Waals surface area contributed by atoms with Crippen LogP contribution in [-0.4, -0.2) is 162 Å². The molecule has 5 aromatic rings. The SMILES string of the molecule is CN[C@@H](C)C(=O)N[C@H](C(=O)N1CCN(C(=O)c2c(C(=O)NCCOCCN3CCN(c4cc(Cc5ncc(C(=O)Nc6c(C)cccc6Cl)s5)nc(C)n4)CC3)c3cc(F)c(F)cc3n2C)CC1)C1CCCCC1. The number of likely N-dealkylation sites (N-methyl/N-ethyl adjacent to an activating group) is 1. The Kier molecular flexibility index (Phi) is 17.9. The fourth-order valence-corrected chi connectivity index (χ4v) is 11.0. The molecule has 2 atom stereocenters. The number of nitrogens with zero attached hydrogens (tertiary/aromatic N) is 8. The number of amides is 5. The van der Waals surface area contributed by atoms with Gasteiger partial charge in [0.05, 0.1) is 57.9 Å². The Morgan fingerprint density at radius 3 is 2.32 bits per heavy atom. The van der Waals surface area contributed by atoms with Gasteiger partial charge in [-0.1, -0.05) is 43.0 Å². The van der Waals surface area contributed by atoms with E-state index in [9.17, 15) is 32.8 Å². The Labute approximate surface area is 438 Å². The molecule has 0 radical (unpaired) electrons. The summed E-state index contributed by atoms with van der Waals surface area (Å²) in [5.74, 6) is -2.64. The summed E-state index contributed by atoms with van der Waals surface area (Å²) in [4.78, 5) is 90.4. The first-order valence-corrected chi connectivity index (χ1v) is 26.5. The van der Waals surface area contributed by atoms with Crippen molar-refractivity contribution in [3.8, 4) is 0 Å². The van der Waals surface area contributed by atoms with E-state index >= 15 is 0 Å². The number of piperazine rings is 2. The van der Waals surface area contributed by atoms with E-state index < -0.39 is 35.5 Å². The highest BCUT2D eigenvalue weighted by Gasteiger charge is 2.38. The highest BCUT2D eigenvalue weighted by molar-refractivity contribution is 7.13. The zero-order valence-electron chi connectivity index (χ0n) is 42.6. The van der Waals surface area contributed by atoms with Crippen LogP contribution in [0.4, 0.5) is 20.3 Å². The van der Waals surface area contributed by atoms with Crippen LogP contribution in [0.5, 0.6) is 0 Å². The standard InChI is InChI=1S/C52H65ClF2N12O6S/c1-31-10-9-13-37(53)45(31)61-49(69)41-30-58-43(74-41)27-35-26-42(60-33(3)59-35)65-17-15-64(16-18-65)23-25-73-24-14-57-50(70)44-36-28-38(54)39(55)29-40(36)63(5)47(44)52(72)67-21-19-66(20-22-67)51(71)46(34-11-7-6-8-12-34)62-48(68)32(2)56-4/h9-10,13,26,28-30,32,34,46,56H,6-8,11-12,14-25,27H2,1-5H3,(H,57,70)(H,61,69)(H,62,68)/t32-,46-/m0/s1. The van der Waals surface area contributed by atoms with Gasteiger partial charge in [-0.25, -0.2) is 23.7 Å². The molecule has 74 heavy (non-hydrogen) atoms. The van der Waals surface area contributed by atoms with Crippen LogP contribution in [0.3, 0.4) is 0 Å². The fraction of sp³-hybridized carbons (Fsp3) is 0.500. The van der Waals surface area contributed by atoms with Gasteiger partial charge >= 0.3 is 0 Å². The molecule has 18 nitrogen and oxygen atoms in total. The molecule has 5 heterocycles. The topological polar surface area (TPSA) is 199 Å². The number of halogens is 3. The first-order chi connectivity index (χ1) is 35.6. The monoisotopic (exact) mass is 1060 g/mol. The third-order valence-electron chi connectivity index (χ3n) is 14.3. The lowest BCUT2D eigenvalue weighted by Gasteiger charge is -2.39.